The number of benzene rings is 3. The third-order valence-electron chi connectivity index (χ3n) is 5.75. The molecule has 3 aromatic carbocycles. The van der Waals surface area contributed by atoms with E-state index >= 15 is 0 Å². The normalized spacial score (nSPS) is 11.1. The van der Waals surface area contributed by atoms with Gasteiger partial charge in [0.2, 0.25) is 0 Å². The van der Waals surface area contributed by atoms with E-state index in [1.54, 1.807) is 31.6 Å². The first kappa shape index (κ1) is 25.3. The van der Waals surface area contributed by atoms with Crippen molar-refractivity contribution in [2.45, 2.75) is 13.5 Å². The molecule has 2 aromatic heterocycles. The lowest BCUT2D eigenvalue weighted by molar-refractivity contribution is 0.0716. The highest BCUT2D eigenvalue weighted by Crippen LogP contribution is 2.39. The molecule has 2 heterocycles. The number of fused-ring (bicyclic) bond motifs is 1. The first-order valence-electron chi connectivity index (χ1n) is 11.8. The van der Waals surface area contributed by atoms with Crippen molar-refractivity contribution in [3.05, 3.63) is 107 Å². The van der Waals surface area contributed by atoms with Crippen LogP contribution < -0.4 is 19.9 Å². The lowest BCUT2D eigenvalue weighted by Crippen LogP contribution is -2.16. The molecule has 5 rings (SSSR count). The number of rotatable bonds is 9. The topological polar surface area (TPSA) is 70.3 Å². The lowest BCUT2D eigenvalue weighted by Gasteiger charge is -2.15. The molecule has 0 bridgehead atoms. The Hall–Kier alpha value is -4.31. The summed E-state index contributed by atoms with van der Waals surface area (Å²) in [5.74, 6) is -0.519. The molecule has 38 heavy (non-hydrogen) atoms. The first-order valence-corrected chi connectivity index (χ1v) is 12.8. The molecule has 0 spiro atoms. The Labute approximate surface area is 221 Å². The van der Waals surface area contributed by atoms with Crippen molar-refractivity contribution in [2.75, 3.05) is 10.5 Å². The molecule has 7 nitrogen and oxygen atoms in total. The molecule has 0 aliphatic carbocycles. The summed E-state index contributed by atoms with van der Waals surface area (Å²) in [5, 5.41) is 4.90. The van der Waals surface area contributed by atoms with E-state index in [4.69, 9.17) is 9.57 Å². The second-order valence-electron chi connectivity index (χ2n) is 8.43. The standard InChI is InChI=1S/C28H24F2N4O3S/c1-3-38-32-20-10-12-25(37-26-11-9-19(29)13-24(26)30)21(14-20)22-15-33(2)28(35)23-16-34(31-27(22)23)36-17-18-7-5-4-6-8-18/h4-16,32H,3,17H2,1-2H3. The van der Waals surface area contributed by atoms with E-state index in [1.165, 1.54) is 27.4 Å². The summed E-state index contributed by atoms with van der Waals surface area (Å²) in [6.45, 7) is 2.28. The van der Waals surface area contributed by atoms with Gasteiger partial charge in [0.15, 0.2) is 11.6 Å². The fraction of sp³-hybridized carbons (Fsp3) is 0.143. The van der Waals surface area contributed by atoms with Gasteiger partial charge in [-0.25, -0.2) is 8.78 Å². The van der Waals surface area contributed by atoms with Crippen molar-refractivity contribution in [2.24, 2.45) is 7.05 Å². The van der Waals surface area contributed by atoms with E-state index in [0.29, 0.717) is 27.8 Å². The van der Waals surface area contributed by atoms with Crippen LogP contribution in [0.3, 0.4) is 0 Å². The van der Waals surface area contributed by atoms with Gasteiger partial charge in [0.05, 0.1) is 11.6 Å². The van der Waals surface area contributed by atoms with Gasteiger partial charge in [-0.15, -0.1) is 9.94 Å². The lowest BCUT2D eigenvalue weighted by atomic mass is 10.0. The molecule has 194 valence electrons. The van der Waals surface area contributed by atoms with Gasteiger partial charge in [-0.2, -0.15) is 0 Å². The van der Waals surface area contributed by atoms with Gasteiger partial charge in [0.25, 0.3) is 5.56 Å². The maximum absolute atomic E-state index is 14.5. The van der Waals surface area contributed by atoms with Gasteiger partial charge in [-0.05, 0) is 35.9 Å². The number of halogens is 2. The van der Waals surface area contributed by atoms with Crippen LogP contribution in [0.2, 0.25) is 0 Å². The van der Waals surface area contributed by atoms with E-state index in [9.17, 15) is 13.6 Å². The van der Waals surface area contributed by atoms with Crippen LogP contribution in [0.25, 0.3) is 22.0 Å². The zero-order chi connectivity index (χ0) is 26.6. The van der Waals surface area contributed by atoms with E-state index in [-0.39, 0.29) is 17.9 Å². The van der Waals surface area contributed by atoms with E-state index in [2.05, 4.69) is 9.82 Å². The highest BCUT2D eigenvalue weighted by Gasteiger charge is 2.19. The smallest absolute Gasteiger partial charge is 0.261 e. The molecule has 0 radical (unpaired) electrons. The molecular formula is C28H24F2N4O3S. The number of hydrogen-bond acceptors (Lipinski definition) is 6. The fourth-order valence-electron chi connectivity index (χ4n) is 3.91. The minimum absolute atomic E-state index is 0.130. The summed E-state index contributed by atoms with van der Waals surface area (Å²) >= 11 is 1.51. The van der Waals surface area contributed by atoms with Crippen LogP contribution in [0, 0.1) is 11.6 Å². The van der Waals surface area contributed by atoms with Crippen LogP contribution in [-0.2, 0) is 13.7 Å². The number of nitrogens with zero attached hydrogens (tertiary/aromatic N) is 3. The van der Waals surface area contributed by atoms with Crippen molar-refractivity contribution in [3.63, 3.8) is 0 Å². The van der Waals surface area contributed by atoms with Gasteiger partial charge >= 0.3 is 0 Å². The minimum Gasteiger partial charge on any atom is -0.454 e. The Morgan fingerprint density at radius 1 is 0.974 bits per heavy atom. The van der Waals surface area contributed by atoms with Crippen LogP contribution in [0.4, 0.5) is 14.5 Å². The molecular weight excluding hydrogens is 510 g/mol. The van der Waals surface area contributed by atoms with E-state index in [0.717, 1.165) is 29.1 Å². The monoisotopic (exact) mass is 534 g/mol. The summed E-state index contributed by atoms with van der Waals surface area (Å²) in [6, 6.07) is 18.0. The highest BCUT2D eigenvalue weighted by molar-refractivity contribution is 8.00. The van der Waals surface area contributed by atoms with Crippen LogP contribution in [0.5, 0.6) is 11.5 Å². The van der Waals surface area contributed by atoms with Crippen molar-refractivity contribution in [1.82, 2.24) is 14.5 Å². The Morgan fingerprint density at radius 2 is 1.76 bits per heavy atom. The van der Waals surface area contributed by atoms with Crippen molar-refractivity contribution >= 4 is 28.5 Å². The van der Waals surface area contributed by atoms with Crippen LogP contribution >= 0.6 is 11.9 Å². The SMILES string of the molecule is CCSNc1ccc(Oc2ccc(F)cc2F)c(-c2cn(C)c(=O)c3cn(OCc4ccccc4)nc23)c1. The summed E-state index contributed by atoms with van der Waals surface area (Å²) in [7, 11) is 1.64. The maximum Gasteiger partial charge on any atom is 0.261 e. The number of hydrogen-bond donors (Lipinski definition) is 1. The number of anilines is 1. The molecule has 1 N–H and O–H groups in total. The second kappa shape index (κ2) is 11.0. The molecule has 5 aromatic rings. The van der Waals surface area contributed by atoms with Gasteiger partial charge in [0, 0.05) is 41.9 Å². The van der Waals surface area contributed by atoms with Crippen LogP contribution in [0.15, 0.2) is 83.9 Å². The number of nitrogens with one attached hydrogen (secondary N) is 1. The molecule has 0 aliphatic rings. The summed E-state index contributed by atoms with van der Waals surface area (Å²) in [4.78, 5) is 20.1. The molecule has 0 saturated heterocycles. The Kier molecular flexibility index (Phi) is 7.32. The van der Waals surface area contributed by atoms with Gasteiger partial charge < -0.3 is 18.9 Å². The van der Waals surface area contributed by atoms with Gasteiger partial charge in [0.1, 0.15) is 23.7 Å². The van der Waals surface area contributed by atoms with Crippen LogP contribution in [0.1, 0.15) is 12.5 Å². The third kappa shape index (κ3) is 5.35. The molecule has 0 amide bonds. The Balaban J connectivity index is 1.61. The molecule has 0 saturated carbocycles. The first-order chi connectivity index (χ1) is 18.4. The predicted octanol–water partition coefficient (Wildman–Crippen LogP) is 6.18. The molecule has 0 aliphatic heterocycles. The minimum atomic E-state index is -0.830. The van der Waals surface area contributed by atoms with Crippen LogP contribution in [-0.4, -0.2) is 20.3 Å². The zero-order valence-electron chi connectivity index (χ0n) is 20.7. The highest BCUT2D eigenvalue weighted by atomic mass is 32.2. The van der Waals surface area contributed by atoms with Gasteiger partial charge in [-0.3, -0.25) is 4.79 Å². The number of pyridine rings is 1. The maximum atomic E-state index is 14.5. The molecule has 0 unspecified atom stereocenters. The summed E-state index contributed by atoms with van der Waals surface area (Å²) in [6.07, 6.45) is 3.19. The number of aromatic nitrogens is 3. The average Bonchev–Trinajstić information content (AvgIpc) is 3.36. The quantitative estimate of drug-likeness (QED) is 0.228. The van der Waals surface area contributed by atoms with Crippen molar-refractivity contribution < 1.29 is 18.4 Å². The van der Waals surface area contributed by atoms with Crippen molar-refractivity contribution in [3.8, 4) is 22.6 Å². The summed E-state index contributed by atoms with van der Waals surface area (Å²) < 4.78 is 38.5. The van der Waals surface area contributed by atoms with Gasteiger partial charge in [-0.1, -0.05) is 49.2 Å². The predicted molar refractivity (Wildman–Crippen MR) is 145 cm³/mol. The third-order valence-corrected chi connectivity index (χ3v) is 6.41. The molecule has 0 fully saturated rings. The molecule has 10 heteroatoms. The van der Waals surface area contributed by atoms with E-state index in [1.807, 2.05) is 43.3 Å². The largest absolute Gasteiger partial charge is 0.454 e. The van der Waals surface area contributed by atoms with E-state index < -0.39 is 11.6 Å². The zero-order valence-corrected chi connectivity index (χ0v) is 21.5. The second-order valence-corrected chi connectivity index (χ2v) is 9.50. The Bertz CT molecular complexity index is 1650. The average molecular weight is 535 g/mol. The Morgan fingerprint density at radius 3 is 2.53 bits per heavy atom. The molecule has 0 atom stereocenters. The number of ether oxygens (including phenoxy) is 1. The fourth-order valence-corrected chi connectivity index (χ4v) is 4.35. The van der Waals surface area contributed by atoms with Crippen molar-refractivity contribution in [1.29, 1.82) is 0 Å². The number of aryl methyl sites for hydroxylation is 1. The summed E-state index contributed by atoms with van der Waals surface area (Å²) in [5.41, 5.74) is 3.01.